The molecule has 7 nitrogen and oxygen atoms in total. The van der Waals surface area contributed by atoms with Crippen molar-refractivity contribution in [2.45, 2.75) is 13.5 Å². The van der Waals surface area contributed by atoms with E-state index >= 15 is 0 Å². The highest BCUT2D eigenvalue weighted by atomic mass is 16.3. The van der Waals surface area contributed by atoms with Crippen molar-refractivity contribution in [3.05, 3.63) is 63.3 Å². The lowest BCUT2D eigenvalue weighted by molar-refractivity contribution is 0.409. The van der Waals surface area contributed by atoms with Crippen LogP contribution in [0.25, 0.3) is 0 Å². The maximum Gasteiger partial charge on any atom is 0.331 e. The topological polar surface area (TPSA) is 90.7 Å². The fourth-order valence-electron chi connectivity index (χ4n) is 2.27. The molecule has 0 aliphatic carbocycles. The quantitative estimate of drug-likeness (QED) is 0.645. The van der Waals surface area contributed by atoms with E-state index in [1.807, 2.05) is 37.2 Å². The molecule has 0 saturated carbocycles. The lowest BCUT2D eigenvalue weighted by atomic mass is 10.2. The van der Waals surface area contributed by atoms with E-state index in [4.69, 9.17) is 0 Å². The Morgan fingerprint density at radius 2 is 2.12 bits per heavy atom. The summed E-state index contributed by atoms with van der Waals surface area (Å²) in [5.74, 6) is -0.423. The normalized spacial score (nSPS) is 11.4. The van der Waals surface area contributed by atoms with Crippen LogP contribution in [0.1, 0.15) is 12.5 Å². The Labute approximate surface area is 139 Å². The summed E-state index contributed by atoms with van der Waals surface area (Å²) in [6.07, 6.45) is 1.45. The second-order valence-electron chi connectivity index (χ2n) is 5.47. The zero-order chi connectivity index (χ0) is 17.9. The van der Waals surface area contributed by atoms with Crippen LogP contribution in [-0.4, -0.2) is 34.5 Å². The van der Waals surface area contributed by atoms with E-state index in [1.54, 1.807) is 13.0 Å². The largest absolute Gasteiger partial charge is 0.494 e. The van der Waals surface area contributed by atoms with Gasteiger partial charge in [0.05, 0.1) is 11.4 Å². The van der Waals surface area contributed by atoms with E-state index in [2.05, 4.69) is 16.6 Å². The number of nitrogens with zero attached hydrogens (tertiary/aromatic N) is 3. The highest BCUT2D eigenvalue weighted by Gasteiger charge is 2.16. The van der Waals surface area contributed by atoms with Crippen LogP contribution in [0.4, 0.5) is 11.4 Å². The van der Waals surface area contributed by atoms with Gasteiger partial charge in [0.2, 0.25) is 5.88 Å². The lowest BCUT2D eigenvalue weighted by Crippen LogP contribution is -2.33. The molecule has 0 amide bonds. The Hall–Kier alpha value is -3.09. The van der Waals surface area contributed by atoms with Gasteiger partial charge in [-0.25, -0.2) is 4.79 Å². The van der Waals surface area contributed by atoms with Gasteiger partial charge in [-0.2, -0.15) is 0 Å². The molecular weight excluding hydrogens is 308 g/mol. The average molecular weight is 328 g/mol. The van der Waals surface area contributed by atoms with Gasteiger partial charge in [-0.1, -0.05) is 12.1 Å². The molecule has 0 aliphatic heterocycles. The molecule has 2 rings (SSSR count). The van der Waals surface area contributed by atoms with Crippen molar-refractivity contribution >= 4 is 17.1 Å². The van der Waals surface area contributed by atoms with Crippen molar-refractivity contribution in [1.29, 1.82) is 0 Å². The number of aromatic nitrogens is 2. The van der Waals surface area contributed by atoms with Crippen LogP contribution in [0.5, 0.6) is 5.88 Å². The first kappa shape index (κ1) is 17.3. The molecule has 1 heterocycles. The first-order valence-electron chi connectivity index (χ1n) is 7.35. The molecule has 0 saturated heterocycles. The highest BCUT2D eigenvalue weighted by molar-refractivity contribution is 6.01. The molecule has 7 heteroatoms. The van der Waals surface area contributed by atoms with Gasteiger partial charge in [0.15, 0.2) is 0 Å². The molecule has 0 spiro atoms. The molecule has 0 fully saturated rings. The summed E-state index contributed by atoms with van der Waals surface area (Å²) in [6.45, 7) is 5.22. The van der Waals surface area contributed by atoms with Crippen LogP contribution in [0.15, 0.2) is 51.5 Å². The molecule has 1 aromatic heterocycles. The van der Waals surface area contributed by atoms with Crippen molar-refractivity contribution in [2.75, 3.05) is 19.0 Å². The van der Waals surface area contributed by atoms with Crippen LogP contribution in [-0.2, 0) is 6.54 Å². The van der Waals surface area contributed by atoms with Gasteiger partial charge in [0, 0.05) is 26.3 Å². The number of hydrogen-bond acceptors (Lipinski definition) is 5. The summed E-state index contributed by atoms with van der Waals surface area (Å²) in [7, 11) is 3.83. The SMILES string of the molecule is C=CCn1c(O)c(C(C)=Nc2cccc(N(C)C)c2)c(=O)[nH]c1=O. The number of aromatic amines is 1. The molecule has 0 unspecified atom stereocenters. The minimum Gasteiger partial charge on any atom is -0.494 e. The van der Waals surface area contributed by atoms with E-state index in [-0.39, 0.29) is 12.1 Å². The molecule has 0 aliphatic rings. The van der Waals surface area contributed by atoms with E-state index in [1.165, 1.54) is 6.08 Å². The van der Waals surface area contributed by atoms with Gasteiger partial charge in [-0.15, -0.1) is 6.58 Å². The molecule has 0 atom stereocenters. The Balaban J connectivity index is 2.57. The second-order valence-corrected chi connectivity index (χ2v) is 5.47. The Bertz CT molecular complexity index is 907. The predicted octanol–water partition coefficient (Wildman–Crippen LogP) is 1.63. The first-order chi connectivity index (χ1) is 11.3. The van der Waals surface area contributed by atoms with Gasteiger partial charge in [-0.05, 0) is 25.1 Å². The fourth-order valence-corrected chi connectivity index (χ4v) is 2.27. The van der Waals surface area contributed by atoms with Crippen molar-refractivity contribution < 1.29 is 5.11 Å². The number of H-pyrrole nitrogens is 1. The second kappa shape index (κ2) is 6.99. The third-order valence-electron chi connectivity index (χ3n) is 3.49. The Morgan fingerprint density at radius 1 is 1.42 bits per heavy atom. The third-order valence-corrected chi connectivity index (χ3v) is 3.49. The fraction of sp³-hybridized carbons (Fsp3) is 0.235. The molecule has 126 valence electrons. The number of anilines is 1. The van der Waals surface area contributed by atoms with Crippen LogP contribution in [0, 0.1) is 0 Å². The van der Waals surface area contributed by atoms with E-state index in [0.29, 0.717) is 11.4 Å². The summed E-state index contributed by atoms with van der Waals surface area (Å²) < 4.78 is 1.03. The van der Waals surface area contributed by atoms with Crippen molar-refractivity contribution in [3.63, 3.8) is 0 Å². The number of allylic oxidation sites excluding steroid dienone is 1. The van der Waals surface area contributed by atoms with E-state index in [9.17, 15) is 14.7 Å². The lowest BCUT2D eigenvalue weighted by Gasteiger charge is -2.13. The van der Waals surface area contributed by atoms with Crippen LogP contribution >= 0.6 is 0 Å². The summed E-state index contributed by atoms with van der Waals surface area (Å²) in [5.41, 5.74) is 0.498. The average Bonchev–Trinajstić information content (AvgIpc) is 2.51. The number of aliphatic imine (C=N–C) groups is 1. The smallest absolute Gasteiger partial charge is 0.331 e. The van der Waals surface area contributed by atoms with Gasteiger partial charge in [0.1, 0.15) is 5.56 Å². The highest BCUT2D eigenvalue weighted by Crippen LogP contribution is 2.21. The number of rotatable bonds is 5. The minimum atomic E-state index is -0.691. The van der Waals surface area contributed by atoms with E-state index in [0.717, 1.165) is 10.3 Å². The van der Waals surface area contributed by atoms with Crippen LogP contribution < -0.4 is 16.1 Å². The zero-order valence-corrected chi connectivity index (χ0v) is 13.9. The number of hydrogen-bond donors (Lipinski definition) is 2. The van der Waals surface area contributed by atoms with Crippen molar-refractivity contribution in [1.82, 2.24) is 9.55 Å². The predicted molar refractivity (Wildman–Crippen MR) is 95.8 cm³/mol. The van der Waals surface area contributed by atoms with Gasteiger partial charge >= 0.3 is 5.69 Å². The first-order valence-corrected chi connectivity index (χ1v) is 7.35. The molecule has 0 bridgehead atoms. The maximum atomic E-state index is 12.1. The summed E-state index contributed by atoms with van der Waals surface area (Å²) in [6, 6.07) is 7.43. The molecular formula is C17H20N4O3. The minimum absolute atomic E-state index is 0.0355. The zero-order valence-electron chi connectivity index (χ0n) is 13.9. The van der Waals surface area contributed by atoms with Gasteiger partial charge < -0.3 is 10.0 Å². The van der Waals surface area contributed by atoms with Crippen molar-refractivity contribution in [2.24, 2.45) is 4.99 Å². The van der Waals surface area contributed by atoms with Gasteiger partial charge in [0.25, 0.3) is 5.56 Å². The van der Waals surface area contributed by atoms with E-state index < -0.39 is 17.1 Å². The maximum absolute atomic E-state index is 12.1. The molecule has 2 N–H and O–H groups in total. The van der Waals surface area contributed by atoms with Crippen LogP contribution in [0.3, 0.4) is 0 Å². The van der Waals surface area contributed by atoms with Crippen LogP contribution in [0.2, 0.25) is 0 Å². The summed E-state index contributed by atoms with van der Waals surface area (Å²) in [5, 5.41) is 10.3. The third kappa shape index (κ3) is 3.45. The molecule has 1 aromatic carbocycles. The monoisotopic (exact) mass is 328 g/mol. The Morgan fingerprint density at radius 3 is 2.75 bits per heavy atom. The van der Waals surface area contributed by atoms with Crippen molar-refractivity contribution in [3.8, 4) is 5.88 Å². The molecule has 0 radical (unpaired) electrons. The number of nitrogens with one attached hydrogen (secondary N) is 1. The molecule has 2 aromatic rings. The molecule has 24 heavy (non-hydrogen) atoms. The summed E-state index contributed by atoms with van der Waals surface area (Å²) >= 11 is 0. The Kier molecular flexibility index (Phi) is 5.03. The number of aromatic hydroxyl groups is 1. The summed E-state index contributed by atoms with van der Waals surface area (Å²) in [4.78, 5) is 32.3. The standard InChI is InChI=1S/C17H20N4O3/c1-5-9-21-16(23)14(15(22)19-17(21)24)11(2)18-12-7-6-8-13(10-12)20(3)4/h5-8,10,23H,1,9H2,2-4H3,(H,19,22,24). The number of benzene rings is 1. The van der Waals surface area contributed by atoms with Gasteiger partial charge in [-0.3, -0.25) is 19.3 Å².